The molecular weight excluding hydrogens is 507 g/mol. The van der Waals surface area contributed by atoms with Gasteiger partial charge in [-0.15, -0.1) is 0 Å². The van der Waals surface area contributed by atoms with Gasteiger partial charge in [-0.1, -0.05) is 17.7 Å². The van der Waals surface area contributed by atoms with Crippen LogP contribution in [0.5, 0.6) is 0 Å². The first-order valence-electron chi connectivity index (χ1n) is 12.4. The third-order valence-corrected chi connectivity index (χ3v) is 8.95. The van der Waals surface area contributed by atoms with E-state index in [-0.39, 0.29) is 32.2 Å². The lowest BCUT2D eigenvalue weighted by Gasteiger charge is -2.39. The van der Waals surface area contributed by atoms with Gasteiger partial charge in [-0.05, 0) is 61.3 Å². The highest BCUT2D eigenvalue weighted by molar-refractivity contribution is 7.89. The number of benzene rings is 1. The number of nitrogens with one attached hydrogen (secondary N) is 1. The molecule has 1 fully saturated rings. The van der Waals surface area contributed by atoms with Crippen molar-refractivity contribution < 1.29 is 26.7 Å². The minimum atomic E-state index is -5.54. The van der Waals surface area contributed by atoms with Crippen LogP contribution >= 0.6 is 0 Å². The van der Waals surface area contributed by atoms with E-state index in [1.54, 1.807) is 12.4 Å². The van der Waals surface area contributed by atoms with Crippen LogP contribution in [0.15, 0.2) is 41.7 Å². The number of hydrogen-bond acceptors (Lipinski definition) is 7. The minimum Gasteiger partial charge on any atom is -0.395 e. The number of allylic oxidation sites excluding steroid dienone is 1. The molecule has 0 amide bonds. The molecule has 1 saturated carbocycles. The number of anilines is 2. The molecule has 2 heterocycles. The van der Waals surface area contributed by atoms with Crippen LogP contribution in [0, 0.1) is 0 Å². The summed E-state index contributed by atoms with van der Waals surface area (Å²) in [4.78, 5) is 10.9. The third-order valence-electron chi connectivity index (χ3n) is 7.41. The van der Waals surface area contributed by atoms with Crippen LogP contribution in [0.2, 0.25) is 0 Å². The lowest BCUT2D eigenvalue weighted by molar-refractivity contribution is -0.0491. The second-order valence-electron chi connectivity index (χ2n) is 9.85. The number of rotatable bonds is 8. The van der Waals surface area contributed by atoms with Gasteiger partial charge in [0.2, 0.25) is 0 Å². The van der Waals surface area contributed by atoms with Crippen LogP contribution < -0.4 is 10.2 Å². The highest BCUT2D eigenvalue weighted by atomic mass is 32.2. The van der Waals surface area contributed by atoms with E-state index in [2.05, 4.69) is 15.3 Å². The highest BCUT2D eigenvalue weighted by Crippen LogP contribution is 2.47. The van der Waals surface area contributed by atoms with Crippen LogP contribution in [-0.2, 0) is 23.1 Å². The van der Waals surface area contributed by atoms with Gasteiger partial charge in [0.15, 0.2) is 0 Å². The highest BCUT2D eigenvalue weighted by Gasteiger charge is 2.52. The molecule has 2 N–H and O–H groups in total. The van der Waals surface area contributed by atoms with Crippen LogP contribution in [0.3, 0.4) is 0 Å². The van der Waals surface area contributed by atoms with Crippen molar-refractivity contribution in [3.63, 3.8) is 0 Å². The van der Waals surface area contributed by atoms with Gasteiger partial charge in [0.1, 0.15) is 5.82 Å². The largest absolute Gasteiger partial charge is 0.511 e. The van der Waals surface area contributed by atoms with E-state index in [1.807, 2.05) is 30.0 Å². The zero-order chi connectivity index (χ0) is 26.4. The van der Waals surface area contributed by atoms with Crippen molar-refractivity contribution in [3.05, 3.63) is 58.7 Å². The molecule has 1 aromatic heterocycles. The summed E-state index contributed by atoms with van der Waals surface area (Å²) in [6.45, 7) is 1.85. The Balaban J connectivity index is 1.60. The molecule has 5 rings (SSSR count). The first kappa shape index (κ1) is 25.9. The first-order valence-corrected chi connectivity index (χ1v) is 13.8. The average molecular weight is 538 g/mol. The molecule has 2 aromatic rings. The lowest BCUT2D eigenvalue weighted by atomic mass is 9.83. The molecule has 0 spiro atoms. The maximum Gasteiger partial charge on any atom is 0.511 e. The van der Waals surface area contributed by atoms with Gasteiger partial charge >= 0.3 is 15.5 Å². The molecule has 0 radical (unpaired) electrons. The summed E-state index contributed by atoms with van der Waals surface area (Å²) in [7, 11) is -5.54. The summed E-state index contributed by atoms with van der Waals surface area (Å²) in [5.41, 5.74) is -0.438. The molecule has 8 nitrogen and oxygen atoms in total. The van der Waals surface area contributed by atoms with Crippen LogP contribution in [-0.4, -0.2) is 59.0 Å². The quantitative estimate of drug-likeness (QED) is 0.493. The van der Waals surface area contributed by atoms with Crippen molar-refractivity contribution in [1.82, 2.24) is 14.3 Å². The van der Waals surface area contributed by atoms with E-state index in [0.717, 1.165) is 41.7 Å². The molecule has 37 heavy (non-hydrogen) atoms. The minimum absolute atomic E-state index is 0.0386. The summed E-state index contributed by atoms with van der Waals surface area (Å²) in [5.74, 6) is 0.689. The Morgan fingerprint density at radius 2 is 1.89 bits per heavy atom. The van der Waals surface area contributed by atoms with Crippen molar-refractivity contribution in [3.8, 4) is 0 Å². The standard InChI is InChI=1S/C25H30F3N5O3S/c1-16-5-8-19(16)23-14-32(37(35,36)25(26,27)28)13-21-20(17-6-7-17)3-2-4-22(21)33(23)15-24-30-11-18(12-31-24)29-9-10-34/h2-4,11-12,17,23,29,34H,5-10,13-15H2,1H3. The number of nitrogens with zero attached hydrogens (tertiary/aromatic N) is 4. The fourth-order valence-electron chi connectivity index (χ4n) is 5.18. The Morgan fingerprint density at radius 1 is 1.16 bits per heavy atom. The summed E-state index contributed by atoms with van der Waals surface area (Å²) in [6.07, 6.45) is 6.60. The fourth-order valence-corrected chi connectivity index (χ4v) is 6.11. The normalized spacial score (nSPS) is 20.9. The van der Waals surface area contributed by atoms with Crippen LogP contribution in [0.1, 0.15) is 55.5 Å². The van der Waals surface area contributed by atoms with Crippen molar-refractivity contribution in [2.75, 3.05) is 29.9 Å². The molecule has 1 aromatic carbocycles. The number of aliphatic hydroxyl groups excluding tert-OH is 1. The predicted octanol–water partition coefficient (Wildman–Crippen LogP) is 3.91. The Bertz CT molecular complexity index is 1290. The van der Waals surface area contributed by atoms with E-state index in [9.17, 15) is 21.6 Å². The number of halogens is 3. The van der Waals surface area contributed by atoms with E-state index in [0.29, 0.717) is 34.3 Å². The number of alkyl halides is 3. The maximum atomic E-state index is 13.8. The molecule has 3 aliphatic rings. The van der Waals surface area contributed by atoms with Gasteiger partial charge in [-0.25, -0.2) is 18.4 Å². The Labute approximate surface area is 214 Å². The van der Waals surface area contributed by atoms with Crippen LogP contribution in [0.25, 0.3) is 0 Å². The topological polar surface area (TPSA) is 98.7 Å². The average Bonchev–Trinajstić information content (AvgIpc) is 3.70. The molecule has 1 atom stereocenters. The predicted molar refractivity (Wildman–Crippen MR) is 133 cm³/mol. The molecular formula is C25H30F3N5O3S. The molecule has 0 bridgehead atoms. The van der Waals surface area contributed by atoms with Crippen molar-refractivity contribution >= 4 is 21.4 Å². The molecule has 200 valence electrons. The maximum absolute atomic E-state index is 13.8. The van der Waals surface area contributed by atoms with Crippen molar-refractivity contribution in [2.45, 2.75) is 63.2 Å². The first-order chi connectivity index (χ1) is 17.6. The number of aromatic nitrogens is 2. The van der Waals surface area contributed by atoms with Gasteiger partial charge in [-0.2, -0.15) is 17.5 Å². The SMILES string of the molecule is CC1=C(C2CN(S(=O)(=O)C(F)(F)F)Cc3c(C4CC4)cccc3N2Cc2ncc(NCCO)cn2)CC1. The zero-order valence-electron chi connectivity index (χ0n) is 20.5. The monoisotopic (exact) mass is 537 g/mol. The summed E-state index contributed by atoms with van der Waals surface area (Å²) < 4.78 is 67.4. The Kier molecular flexibility index (Phi) is 6.92. The van der Waals surface area contributed by atoms with Gasteiger partial charge in [-0.3, -0.25) is 0 Å². The second kappa shape index (κ2) is 9.88. The summed E-state index contributed by atoms with van der Waals surface area (Å²) in [5, 5.41) is 12.0. The molecule has 1 aliphatic heterocycles. The number of fused-ring (bicyclic) bond motifs is 1. The van der Waals surface area contributed by atoms with Crippen molar-refractivity contribution in [1.29, 1.82) is 0 Å². The summed E-state index contributed by atoms with van der Waals surface area (Å²) >= 11 is 0. The summed E-state index contributed by atoms with van der Waals surface area (Å²) in [6, 6.07) is 5.09. The molecule has 0 saturated heterocycles. The smallest absolute Gasteiger partial charge is 0.395 e. The van der Waals surface area contributed by atoms with Gasteiger partial charge in [0.25, 0.3) is 0 Å². The van der Waals surface area contributed by atoms with Gasteiger partial charge in [0, 0.05) is 25.3 Å². The van der Waals surface area contributed by atoms with E-state index in [4.69, 9.17) is 5.11 Å². The number of hydrogen-bond donors (Lipinski definition) is 2. The Morgan fingerprint density at radius 3 is 2.46 bits per heavy atom. The molecule has 2 aliphatic carbocycles. The van der Waals surface area contributed by atoms with Crippen LogP contribution in [0.4, 0.5) is 24.5 Å². The zero-order valence-corrected chi connectivity index (χ0v) is 21.3. The van der Waals surface area contributed by atoms with E-state index >= 15 is 0 Å². The van der Waals surface area contributed by atoms with Gasteiger partial charge < -0.3 is 15.3 Å². The number of aliphatic hydroxyl groups is 1. The second-order valence-corrected chi connectivity index (χ2v) is 11.8. The lowest BCUT2D eigenvalue weighted by Crippen LogP contribution is -2.48. The molecule has 1 unspecified atom stereocenters. The van der Waals surface area contributed by atoms with Gasteiger partial charge in [0.05, 0.1) is 37.3 Å². The van der Waals surface area contributed by atoms with Crippen molar-refractivity contribution in [2.24, 2.45) is 0 Å². The molecule has 12 heteroatoms. The van der Waals surface area contributed by atoms with E-state index in [1.165, 1.54) is 0 Å². The Hall–Kier alpha value is -2.70. The fraction of sp³-hybridized carbons (Fsp3) is 0.520. The van der Waals surface area contributed by atoms with E-state index < -0.39 is 21.6 Å². The third kappa shape index (κ3) is 5.06. The number of sulfonamides is 1.